The van der Waals surface area contributed by atoms with Crippen LogP contribution in [0.25, 0.3) is 16.8 Å². The van der Waals surface area contributed by atoms with Crippen LogP contribution in [-0.4, -0.2) is 38.9 Å². The minimum atomic E-state index is -0.184. The van der Waals surface area contributed by atoms with Gasteiger partial charge in [-0.2, -0.15) is 5.10 Å². The Bertz CT molecular complexity index is 861. The zero-order chi connectivity index (χ0) is 17.4. The molecule has 0 aliphatic carbocycles. The molecular formula is C20H24N4O. The summed E-state index contributed by atoms with van der Waals surface area (Å²) in [4.78, 5) is 6.83. The van der Waals surface area contributed by atoms with Gasteiger partial charge in [0.1, 0.15) is 5.52 Å². The quantitative estimate of drug-likeness (QED) is 0.795. The lowest BCUT2D eigenvalue weighted by Gasteiger charge is -2.30. The van der Waals surface area contributed by atoms with E-state index in [4.69, 9.17) is 5.10 Å². The van der Waals surface area contributed by atoms with Crippen LogP contribution in [0.5, 0.6) is 0 Å². The molecular weight excluding hydrogens is 312 g/mol. The summed E-state index contributed by atoms with van der Waals surface area (Å²) >= 11 is 0. The van der Waals surface area contributed by atoms with Crippen molar-refractivity contribution in [3.8, 4) is 11.3 Å². The summed E-state index contributed by atoms with van der Waals surface area (Å²) in [6, 6.07) is 10.7. The zero-order valence-corrected chi connectivity index (χ0v) is 14.8. The second-order valence-corrected chi connectivity index (χ2v) is 7.11. The molecule has 0 bridgehead atoms. The van der Waals surface area contributed by atoms with E-state index in [-0.39, 0.29) is 6.10 Å². The number of hydrogen-bond acceptors (Lipinski definition) is 4. The van der Waals surface area contributed by atoms with E-state index in [2.05, 4.69) is 54.1 Å². The molecule has 0 radical (unpaired) electrons. The molecule has 0 saturated carbocycles. The number of hydrogen-bond donors (Lipinski definition) is 1. The van der Waals surface area contributed by atoms with E-state index in [1.165, 1.54) is 5.56 Å². The first-order valence-corrected chi connectivity index (χ1v) is 8.99. The minimum absolute atomic E-state index is 0.184. The predicted molar refractivity (Wildman–Crippen MR) is 100.0 cm³/mol. The van der Waals surface area contributed by atoms with Gasteiger partial charge in [0, 0.05) is 31.0 Å². The molecule has 1 saturated heterocycles. The van der Waals surface area contributed by atoms with E-state index in [0.29, 0.717) is 5.92 Å². The number of rotatable bonds is 3. The summed E-state index contributed by atoms with van der Waals surface area (Å²) in [6.07, 6.45) is 5.09. The Balaban J connectivity index is 1.69. The topological polar surface area (TPSA) is 53.7 Å². The number of aliphatic hydroxyl groups excluding tert-OH is 1. The molecule has 1 aliphatic heterocycles. The van der Waals surface area contributed by atoms with Gasteiger partial charge in [-0.1, -0.05) is 38.1 Å². The second-order valence-electron chi connectivity index (χ2n) is 7.11. The molecule has 1 aromatic carbocycles. The van der Waals surface area contributed by atoms with E-state index in [1.807, 2.05) is 10.7 Å². The van der Waals surface area contributed by atoms with Crippen molar-refractivity contribution in [1.29, 1.82) is 0 Å². The van der Waals surface area contributed by atoms with Gasteiger partial charge in [-0.3, -0.25) is 0 Å². The molecule has 3 heterocycles. The van der Waals surface area contributed by atoms with Gasteiger partial charge in [0.05, 0.1) is 11.8 Å². The highest BCUT2D eigenvalue weighted by Crippen LogP contribution is 2.27. The van der Waals surface area contributed by atoms with E-state index in [0.717, 1.165) is 48.5 Å². The van der Waals surface area contributed by atoms with Gasteiger partial charge in [-0.05, 0) is 30.4 Å². The van der Waals surface area contributed by atoms with Crippen LogP contribution in [0.3, 0.4) is 0 Å². The number of benzene rings is 1. The maximum absolute atomic E-state index is 9.74. The van der Waals surface area contributed by atoms with Crippen LogP contribution in [0.4, 0.5) is 5.82 Å². The summed E-state index contributed by atoms with van der Waals surface area (Å²) in [5.74, 6) is 1.48. The second kappa shape index (κ2) is 6.48. The Labute approximate surface area is 147 Å². The van der Waals surface area contributed by atoms with Crippen LogP contribution < -0.4 is 4.90 Å². The molecule has 1 fully saturated rings. The van der Waals surface area contributed by atoms with Crippen LogP contribution in [-0.2, 0) is 0 Å². The maximum atomic E-state index is 9.74. The fourth-order valence-electron chi connectivity index (χ4n) is 3.41. The molecule has 5 heteroatoms. The lowest BCUT2D eigenvalue weighted by atomic mass is 10.0. The molecule has 0 atom stereocenters. The predicted octanol–water partition coefficient (Wildman–Crippen LogP) is 3.48. The van der Waals surface area contributed by atoms with Crippen molar-refractivity contribution in [3.63, 3.8) is 0 Å². The van der Waals surface area contributed by atoms with Gasteiger partial charge in [-0.25, -0.2) is 9.50 Å². The van der Waals surface area contributed by atoms with Crippen LogP contribution in [0.15, 0.2) is 42.7 Å². The molecule has 0 amide bonds. The summed E-state index contributed by atoms with van der Waals surface area (Å²) in [5.41, 5.74) is 4.43. The van der Waals surface area contributed by atoms with Crippen LogP contribution >= 0.6 is 0 Å². The van der Waals surface area contributed by atoms with Crippen molar-refractivity contribution in [3.05, 3.63) is 48.3 Å². The van der Waals surface area contributed by atoms with Crippen LogP contribution in [0.2, 0.25) is 0 Å². The van der Waals surface area contributed by atoms with Crippen molar-refractivity contribution < 1.29 is 5.11 Å². The van der Waals surface area contributed by atoms with Crippen molar-refractivity contribution >= 4 is 11.3 Å². The fourth-order valence-corrected chi connectivity index (χ4v) is 3.41. The molecule has 3 aromatic rings. The van der Waals surface area contributed by atoms with E-state index < -0.39 is 0 Å². The fraction of sp³-hybridized carbons (Fsp3) is 0.400. The first-order valence-electron chi connectivity index (χ1n) is 8.99. The van der Waals surface area contributed by atoms with Crippen molar-refractivity contribution in [1.82, 2.24) is 14.6 Å². The van der Waals surface area contributed by atoms with Crippen molar-refractivity contribution in [2.75, 3.05) is 18.0 Å². The zero-order valence-electron chi connectivity index (χ0n) is 14.8. The molecule has 0 spiro atoms. The molecule has 1 N–H and O–H groups in total. The number of aromatic nitrogens is 3. The van der Waals surface area contributed by atoms with Crippen molar-refractivity contribution in [2.45, 2.75) is 38.7 Å². The van der Waals surface area contributed by atoms with Gasteiger partial charge in [0.15, 0.2) is 5.82 Å². The average molecular weight is 336 g/mol. The molecule has 2 aromatic heterocycles. The Hall–Kier alpha value is -2.40. The highest BCUT2D eigenvalue weighted by molar-refractivity contribution is 5.75. The van der Waals surface area contributed by atoms with E-state index in [1.54, 1.807) is 6.20 Å². The average Bonchev–Trinajstić information content (AvgIpc) is 3.07. The monoisotopic (exact) mass is 336 g/mol. The highest BCUT2D eigenvalue weighted by Gasteiger charge is 2.21. The van der Waals surface area contributed by atoms with Gasteiger partial charge in [0.2, 0.25) is 0 Å². The molecule has 0 unspecified atom stereocenters. The maximum Gasteiger partial charge on any atom is 0.154 e. The summed E-state index contributed by atoms with van der Waals surface area (Å²) in [5, 5.41) is 14.5. The highest BCUT2D eigenvalue weighted by atomic mass is 16.3. The third-order valence-corrected chi connectivity index (χ3v) is 5.01. The van der Waals surface area contributed by atoms with Crippen LogP contribution in [0.1, 0.15) is 38.2 Å². The normalized spacial score (nSPS) is 16.1. The van der Waals surface area contributed by atoms with Crippen LogP contribution in [0, 0.1) is 0 Å². The SMILES string of the molecule is CC(C)c1ccc(-c2cc3c(N4CCC(O)CC4)nccn3n2)cc1. The summed E-state index contributed by atoms with van der Waals surface area (Å²) < 4.78 is 1.90. The first-order chi connectivity index (χ1) is 12.1. The lowest BCUT2D eigenvalue weighted by molar-refractivity contribution is 0.145. The number of piperidine rings is 1. The molecule has 5 nitrogen and oxygen atoms in total. The van der Waals surface area contributed by atoms with Crippen molar-refractivity contribution in [2.24, 2.45) is 0 Å². The summed E-state index contributed by atoms with van der Waals surface area (Å²) in [6.45, 7) is 6.07. The van der Waals surface area contributed by atoms with Gasteiger partial charge in [-0.15, -0.1) is 0 Å². The number of nitrogens with zero attached hydrogens (tertiary/aromatic N) is 4. The molecule has 25 heavy (non-hydrogen) atoms. The van der Waals surface area contributed by atoms with E-state index >= 15 is 0 Å². The first kappa shape index (κ1) is 16.1. The van der Waals surface area contributed by atoms with Gasteiger partial charge >= 0.3 is 0 Å². The third kappa shape index (κ3) is 3.12. The Morgan fingerprint density at radius 2 is 1.84 bits per heavy atom. The smallest absolute Gasteiger partial charge is 0.154 e. The van der Waals surface area contributed by atoms with Gasteiger partial charge < -0.3 is 10.0 Å². The number of anilines is 1. The molecule has 130 valence electrons. The lowest BCUT2D eigenvalue weighted by Crippen LogP contribution is -2.36. The Morgan fingerprint density at radius 3 is 2.52 bits per heavy atom. The number of fused-ring (bicyclic) bond motifs is 1. The largest absolute Gasteiger partial charge is 0.393 e. The van der Waals surface area contributed by atoms with Gasteiger partial charge in [0.25, 0.3) is 0 Å². The third-order valence-electron chi connectivity index (χ3n) is 5.01. The Kier molecular flexibility index (Phi) is 4.17. The Morgan fingerprint density at radius 1 is 1.12 bits per heavy atom. The number of aliphatic hydroxyl groups is 1. The van der Waals surface area contributed by atoms with E-state index in [9.17, 15) is 5.11 Å². The molecule has 1 aliphatic rings. The standard InChI is InChI=1S/C20H24N4O/c1-14(2)15-3-5-16(6-4-15)18-13-19-20(21-9-12-24(19)22-18)23-10-7-17(25)8-11-23/h3-6,9,12-14,17,25H,7-8,10-11H2,1-2H3. The summed E-state index contributed by atoms with van der Waals surface area (Å²) in [7, 11) is 0. The minimum Gasteiger partial charge on any atom is -0.393 e. The molecule has 4 rings (SSSR count).